The van der Waals surface area contributed by atoms with Gasteiger partial charge >= 0.3 is 18.1 Å². The number of amides is 1. The lowest BCUT2D eigenvalue weighted by Gasteiger charge is -2.42. The van der Waals surface area contributed by atoms with Crippen molar-refractivity contribution in [3.05, 3.63) is 53.6 Å². The summed E-state index contributed by atoms with van der Waals surface area (Å²) in [6.45, 7) is 24.8. The van der Waals surface area contributed by atoms with Crippen LogP contribution in [0.4, 0.5) is 19.4 Å². The Morgan fingerprint density at radius 3 is 2.16 bits per heavy atom. The summed E-state index contributed by atoms with van der Waals surface area (Å²) in [7, 11) is -0.785. The average Bonchev–Trinajstić information content (AvgIpc) is 4.02. The molecule has 0 N–H and O–H groups in total. The molecule has 70 heavy (non-hydrogen) atoms. The Kier molecular flexibility index (Phi) is 15.1. The van der Waals surface area contributed by atoms with Crippen LogP contribution in [0.1, 0.15) is 113 Å². The predicted molar refractivity (Wildman–Crippen MR) is 273 cm³/mol. The van der Waals surface area contributed by atoms with Crippen molar-refractivity contribution in [2.75, 3.05) is 64.7 Å². The van der Waals surface area contributed by atoms with Crippen molar-refractivity contribution < 1.29 is 42.1 Å². The second-order valence-electron chi connectivity index (χ2n) is 22.1. The number of aromatic nitrogens is 2. The predicted octanol–water partition coefficient (Wildman–Crippen LogP) is 11.3. The number of carbonyl (C=O) groups excluding carboxylic acids is 2. The van der Waals surface area contributed by atoms with Gasteiger partial charge in [0, 0.05) is 48.5 Å². The molecule has 4 aromatic rings. The molecule has 12 nitrogen and oxygen atoms in total. The van der Waals surface area contributed by atoms with Crippen molar-refractivity contribution in [2.24, 2.45) is 11.3 Å². The molecule has 2 atom stereocenters. The van der Waals surface area contributed by atoms with Crippen LogP contribution in [0.25, 0.3) is 32.8 Å². The number of ether oxygens (including phenoxy) is 5. The lowest BCUT2D eigenvalue weighted by atomic mass is 9.93. The molecule has 3 aliphatic heterocycles. The molecular formula is C55H73F2N5O7Si. The quantitative estimate of drug-likeness (QED) is 0.0491. The van der Waals surface area contributed by atoms with Gasteiger partial charge in [-0.1, -0.05) is 59.6 Å². The topological polar surface area (TPSA) is 116 Å². The van der Waals surface area contributed by atoms with Crippen LogP contribution in [0.5, 0.6) is 11.8 Å². The van der Waals surface area contributed by atoms with Gasteiger partial charge in [0.1, 0.15) is 36.6 Å². The van der Waals surface area contributed by atoms with Crippen LogP contribution in [-0.4, -0.2) is 117 Å². The zero-order valence-corrected chi connectivity index (χ0v) is 44.2. The number of esters is 1. The Morgan fingerprint density at radius 1 is 0.886 bits per heavy atom. The fourth-order valence-electron chi connectivity index (χ4n) is 11.7. The number of likely N-dealkylation sites (tertiary alicyclic amines) is 1. The Hall–Kier alpha value is -5.04. The van der Waals surface area contributed by atoms with E-state index in [0.29, 0.717) is 76.2 Å². The van der Waals surface area contributed by atoms with Crippen molar-refractivity contribution in [1.29, 1.82) is 0 Å². The summed E-state index contributed by atoms with van der Waals surface area (Å²) in [6.07, 6.45) is 4.71. The highest BCUT2D eigenvalue weighted by atomic mass is 28.3. The summed E-state index contributed by atoms with van der Waals surface area (Å²) in [5.41, 5.74) is 4.78. The molecule has 3 saturated heterocycles. The Morgan fingerprint density at radius 2 is 1.56 bits per heavy atom. The van der Waals surface area contributed by atoms with Gasteiger partial charge in [0.15, 0.2) is 12.6 Å². The number of rotatable bonds is 15. The zero-order valence-electron chi connectivity index (χ0n) is 43.2. The Bertz CT molecular complexity index is 2610. The summed E-state index contributed by atoms with van der Waals surface area (Å²) < 4.78 is 63.6. The van der Waals surface area contributed by atoms with Gasteiger partial charge in [-0.05, 0) is 131 Å². The van der Waals surface area contributed by atoms with E-state index >= 15 is 8.78 Å². The molecule has 4 aliphatic rings. The average molecular weight is 982 g/mol. The van der Waals surface area contributed by atoms with Crippen LogP contribution in [-0.2, 0) is 19.0 Å². The van der Waals surface area contributed by atoms with Gasteiger partial charge in [0.05, 0.1) is 36.8 Å². The van der Waals surface area contributed by atoms with E-state index in [0.717, 1.165) is 58.2 Å². The van der Waals surface area contributed by atoms with E-state index in [2.05, 4.69) is 62.8 Å². The standard InChI is InChI=1S/C55H73F2N5O7Si/c1-12-66-51(63)37-19-24-60(25-20-37)31-55(22-23-55)32-67-52-58-49-44(50(59-52)61-29-39-14-15-40(30-61)62(39)53(64)69-54(8,9)10)17-16-42(48(49)57)45-28-41(68-33-65-11)27-38-13-18-46(56)43(47(38)45)21-26-70(34(2)3,35(4)5)36(6)7/h13,16-18,27-28,34-37,39-40H,12,14-15,19-20,22-25,29-33H2,1-11H3. The molecule has 4 fully saturated rings. The SMILES string of the molecule is CCOC(=O)C1CCN(CC2(COc3nc(N4CC5CCC(C4)N5C(=O)OC(C)(C)C)c4ccc(-c5cc(OCOC)cc6ccc(F)c(C#C[Si](C(C)C)(C(C)C)C(C)C)c56)c(F)c4n3)CC2)CC1. The van der Waals surface area contributed by atoms with E-state index < -0.39 is 25.3 Å². The number of benzene rings is 3. The van der Waals surface area contributed by atoms with Crippen LogP contribution in [0, 0.1) is 34.4 Å². The van der Waals surface area contributed by atoms with E-state index in [1.165, 1.54) is 13.2 Å². The van der Waals surface area contributed by atoms with Gasteiger partial charge in [-0.15, -0.1) is 5.54 Å². The van der Waals surface area contributed by atoms with Gasteiger partial charge < -0.3 is 33.5 Å². The van der Waals surface area contributed by atoms with Crippen molar-refractivity contribution >= 4 is 47.6 Å². The number of hydrogen-bond acceptors (Lipinski definition) is 11. The summed E-state index contributed by atoms with van der Waals surface area (Å²) in [5.74, 6) is 3.04. The van der Waals surface area contributed by atoms with Crippen LogP contribution in [0.2, 0.25) is 16.6 Å². The fraction of sp³-hybridized carbons (Fsp3) is 0.600. The van der Waals surface area contributed by atoms with Gasteiger partial charge in [-0.25, -0.2) is 13.6 Å². The molecule has 4 heterocycles. The van der Waals surface area contributed by atoms with Crippen molar-refractivity contribution in [3.63, 3.8) is 0 Å². The number of piperazine rings is 1. The first-order valence-electron chi connectivity index (χ1n) is 25.5. The van der Waals surface area contributed by atoms with Crippen LogP contribution >= 0.6 is 0 Å². The molecule has 2 bridgehead atoms. The van der Waals surface area contributed by atoms with Crippen molar-refractivity contribution in [1.82, 2.24) is 19.8 Å². The van der Waals surface area contributed by atoms with Crippen LogP contribution < -0.4 is 14.4 Å². The van der Waals surface area contributed by atoms with E-state index in [1.54, 1.807) is 18.2 Å². The number of hydrogen-bond donors (Lipinski definition) is 0. The molecule has 1 saturated carbocycles. The number of nitrogens with zero attached hydrogens (tertiary/aromatic N) is 5. The number of methoxy groups -OCH3 is 1. The van der Waals surface area contributed by atoms with E-state index in [1.807, 2.05) is 44.7 Å². The first kappa shape index (κ1) is 51.3. The molecule has 3 aromatic carbocycles. The van der Waals surface area contributed by atoms with E-state index in [9.17, 15) is 9.59 Å². The van der Waals surface area contributed by atoms with E-state index in [4.69, 9.17) is 33.7 Å². The number of fused-ring (bicyclic) bond motifs is 4. The number of carbonyl (C=O) groups is 2. The second kappa shape index (κ2) is 20.6. The molecule has 1 aliphatic carbocycles. The Labute approximate surface area is 414 Å². The summed E-state index contributed by atoms with van der Waals surface area (Å²) in [6, 6.07) is 10.0. The largest absolute Gasteiger partial charge is 0.468 e. The highest BCUT2D eigenvalue weighted by Gasteiger charge is 2.47. The number of halogens is 2. The maximum absolute atomic E-state index is 18.1. The minimum atomic E-state index is -2.32. The van der Waals surface area contributed by atoms with Crippen LogP contribution in [0.15, 0.2) is 36.4 Å². The van der Waals surface area contributed by atoms with Gasteiger partial charge in [-0.3, -0.25) is 9.69 Å². The summed E-state index contributed by atoms with van der Waals surface area (Å²) in [4.78, 5) is 42.3. The molecule has 378 valence electrons. The molecule has 15 heteroatoms. The maximum Gasteiger partial charge on any atom is 0.410 e. The highest BCUT2D eigenvalue weighted by molar-refractivity contribution is 6.90. The molecule has 1 amide bonds. The van der Waals surface area contributed by atoms with E-state index in [-0.39, 0.29) is 64.9 Å². The van der Waals surface area contributed by atoms with Gasteiger partial charge in [0.2, 0.25) is 0 Å². The first-order chi connectivity index (χ1) is 33.3. The third kappa shape index (κ3) is 10.5. The lowest BCUT2D eigenvalue weighted by molar-refractivity contribution is -0.149. The first-order valence-corrected chi connectivity index (χ1v) is 27.7. The minimum absolute atomic E-state index is 0.0435. The number of piperidine rings is 1. The third-order valence-electron chi connectivity index (χ3n) is 15.3. The monoisotopic (exact) mass is 982 g/mol. The maximum atomic E-state index is 18.1. The normalized spacial score (nSPS) is 19.5. The molecule has 0 spiro atoms. The van der Waals surface area contributed by atoms with Crippen LogP contribution in [0.3, 0.4) is 0 Å². The number of anilines is 1. The van der Waals surface area contributed by atoms with Crippen molar-refractivity contribution in [3.8, 4) is 34.4 Å². The summed E-state index contributed by atoms with van der Waals surface area (Å²) >= 11 is 0. The molecule has 1 aromatic heterocycles. The molecule has 8 rings (SSSR count). The summed E-state index contributed by atoms with van der Waals surface area (Å²) in [5, 5.41) is 1.62. The molecular weight excluding hydrogens is 909 g/mol. The fourth-order valence-corrected chi connectivity index (χ4v) is 16.9. The third-order valence-corrected chi connectivity index (χ3v) is 21.6. The molecule has 2 unspecified atom stereocenters. The van der Waals surface area contributed by atoms with Crippen molar-refractivity contribution in [2.45, 2.75) is 142 Å². The van der Waals surface area contributed by atoms with Gasteiger partial charge in [0.25, 0.3) is 0 Å². The Balaban J connectivity index is 1.22. The molecule has 0 radical (unpaired) electrons. The highest BCUT2D eigenvalue weighted by Crippen LogP contribution is 2.48. The zero-order chi connectivity index (χ0) is 50.3. The second-order valence-corrected chi connectivity index (χ2v) is 27.7. The lowest BCUT2D eigenvalue weighted by Crippen LogP contribution is -2.57. The smallest absolute Gasteiger partial charge is 0.410 e. The minimum Gasteiger partial charge on any atom is -0.468 e. The van der Waals surface area contributed by atoms with Gasteiger partial charge in [-0.2, -0.15) is 9.97 Å².